The van der Waals surface area contributed by atoms with Crippen molar-refractivity contribution in [3.05, 3.63) is 12.2 Å². The van der Waals surface area contributed by atoms with Crippen molar-refractivity contribution in [1.82, 2.24) is 10.6 Å². The van der Waals surface area contributed by atoms with Gasteiger partial charge in [0.05, 0.1) is 50.7 Å². The van der Waals surface area contributed by atoms with Crippen molar-refractivity contribution < 1.29 is 104 Å². The van der Waals surface area contributed by atoms with Crippen LogP contribution >= 0.6 is 0 Å². The number of aliphatic hydroxyl groups is 11. The van der Waals surface area contributed by atoms with Crippen molar-refractivity contribution in [2.45, 2.75) is 291 Å². The summed E-state index contributed by atoms with van der Waals surface area (Å²) in [7, 11) is 0. The molecule has 3 heterocycles. The van der Waals surface area contributed by atoms with Gasteiger partial charge < -0.3 is 100 Å². The first kappa shape index (κ1) is 69.7. The van der Waals surface area contributed by atoms with E-state index in [0.29, 0.717) is 12.8 Å². The first-order valence-electron chi connectivity index (χ1n) is 29.1. The summed E-state index contributed by atoms with van der Waals surface area (Å²) in [5.74, 6) is -6.14. The third kappa shape index (κ3) is 23.0. The monoisotopic (exact) mass is 1120 g/mol. The molecule has 2 amide bonds. The van der Waals surface area contributed by atoms with E-state index in [1.807, 2.05) is 6.08 Å². The Morgan fingerprint density at radius 2 is 1.19 bits per heavy atom. The van der Waals surface area contributed by atoms with E-state index in [-0.39, 0.29) is 12.3 Å². The Morgan fingerprint density at radius 1 is 0.667 bits per heavy atom. The maximum atomic E-state index is 13.3. The van der Waals surface area contributed by atoms with Gasteiger partial charge in [-0.3, -0.25) is 9.59 Å². The number of carbonyl (C=O) groups is 3. The van der Waals surface area contributed by atoms with E-state index in [9.17, 15) is 75.7 Å². The summed E-state index contributed by atoms with van der Waals surface area (Å²) in [6, 6.07) is -2.61. The molecule has 0 aliphatic carbocycles. The largest absolute Gasteiger partial charge is 0.477 e. The van der Waals surface area contributed by atoms with Gasteiger partial charge in [-0.25, -0.2) is 4.79 Å². The number of rotatable bonds is 41. The smallest absolute Gasteiger partial charge is 0.364 e. The highest BCUT2D eigenvalue weighted by Gasteiger charge is 2.60. The lowest BCUT2D eigenvalue weighted by atomic mass is 9.88. The molecular formula is C55H100N2O21. The van der Waals surface area contributed by atoms with Crippen LogP contribution in [0.4, 0.5) is 0 Å². The van der Waals surface area contributed by atoms with Gasteiger partial charge in [-0.2, -0.15) is 0 Å². The van der Waals surface area contributed by atoms with Crippen molar-refractivity contribution in [1.29, 1.82) is 0 Å². The highest BCUT2D eigenvalue weighted by atomic mass is 16.8. The molecule has 23 heteroatoms. The summed E-state index contributed by atoms with van der Waals surface area (Å²) in [4.78, 5) is 38.3. The van der Waals surface area contributed by atoms with Crippen LogP contribution in [0.1, 0.15) is 181 Å². The van der Waals surface area contributed by atoms with Crippen LogP contribution in [0.25, 0.3) is 0 Å². The number of carboxylic acid groups (broad SMARTS) is 1. The number of allylic oxidation sites excluding steroid dienone is 1. The minimum absolute atomic E-state index is 0.203. The number of nitrogens with one attached hydrogen (secondary N) is 2. The standard InChI is InChI=1S/C55H100N2O21/c1-4-6-8-10-12-14-16-17-19-20-22-24-26-28-37(62)36(57-42(65)29-27-25-23-21-18-15-13-11-9-7-5-2)34-73-52-47(69)46(68)49(41(33-60)75-52)76-53-48(70)51(45(67)40(32-59)74-53)78-55(54(71)72)30-38(63)43(56-35(3)61)50(77-55)44(66)39(64)31-58/h26,28,36-41,43-53,58-60,62-64,66-70H,4-25,27,29-34H2,1-3H3,(H,56,61)(H,57,65)(H,71,72)/t36-,37+,38-,39+,40+,41+,43+,44+,45-,46+,47+,48+,49+,50?,51-,52+,53-,55-/m0/s1. The van der Waals surface area contributed by atoms with Gasteiger partial charge in [0.1, 0.15) is 67.1 Å². The fourth-order valence-electron chi connectivity index (χ4n) is 10.2. The molecule has 23 nitrogen and oxygen atoms in total. The fourth-order valence-corrected chi connectivity index (χ4v) is 10.2. The quantitative estimate of drug-likeness (QED) is 0.0305. The third-order valence-electron chi connectivity index (χ3n) is 15.0. The Morgan fingerprint density at radius 3 is 1.71 bits per heavy atom. The fraction of sp³-hybridized carbons (Fsp3) is 0.909. The number of aliphatic carboxylic acids is 1. The van der Waals surface area contributed by atoms with Gasteiger partial charge in [-0.05, 0) is 19.3 Å². The number of hydrogen-bond donors (Lipinski definition) is 14. The van der Waals surface area contributed by atoms with Gasteiger partial charge in [-0.15, -0.1) is 0 Å². The van der Waals surface area contributed by atoms with Crippen LogP contribution in [0, 0.1) is 0 Å². The molecule has 0 aromatic rings. The van der Waals surface area contributed by atoms with Gasteiger partial charge in [-0.1, -0.05) is 154 Å². The van der Waals surface area contributed by atoms with Gasteiger partial charge in [0, 0.05) is 19.8 Å². The minimum atomic E-state index is -3.08. The van der Waals surface area contributed by atoms with Crippen LogP contribution in [0.5, 0.6) is 0 Å². The number of unbranched alkanes of at least 4 members (excludes halogenated alkanes) is 21. The Hall–Kier alpha value is -2.53. The Bertz CT molecular complexity index is 1670. The number of carbonyl (C=O) groups excluding carboxylic acids is 2. The van der Waals surface area contributed by atoms with Crippen LogP contribution in [0.3, 0.4) is 0 Å². The number of aliphatic hydroxyl groups excluding tert-OH is 11. The lowest BCUT2D eigenvalue weighted by molar-refractivity contribution is -0.386. The molecule has 0 spiro atoms. The Labute approximate surface area is 461 Å². The average Bonchev–Trinajstić information content (AvgIpc) is 3.49. The van der Waals surface area contributed by atoms with Gasteiger partial charge in [0.15, 0.2) is 12.6 Å². The molecule has 3 saturated heterocycles. The number of ether oxygens (including phenoxy) is 6. The van der Waals surface area contributed by atoms with Crippen LogP contribution < -0.4 is 10.6 Å². The van der Waals surface area contributed by atoms with E-state index < -0.39 is 155 Å². The summed E-state index contributed by atoms with van der Waals surface area (Å²) in [6.07, 6.45) is 0.127. The van der Waals surface area contributed by atoms with E-state index in [1.54, 1.807) is 6.08 Å². The zero-order chi connectivity index (χ0) is 57.6. The van der Waals surface area contributed by atoms with E-state index in [4.69, 9.17) is 28.4 Å². The molecule has 3 fully saturated rings. The summed E-state index contributed by atoms with van der Waals surface area (Å²) in [5, 5.41) is 135. The molecule has 0 aromatic heterocycles. The van der Waals surface area contributed by atoms with E-state index in [0.717, 1.165) is 51.9 Å². The lowest BCUT2D eigenvalue weighted by Crippen LogP contribution is -2.70. The Kier molecular flexibility index (Phi) is 34.2. The zero-order valence-electron chi connectivity index (χ0n) is 46.5. The molecule has 0 aromatic carbocycles. The average molecular weight is 1130 g/mol. The van der Waals surface area contributed by atoms with Gasteiger partial charge in [0.25, 0.3) is 5.79 Å². The van der Waals surface area contributed by atoms with E-state index in [1.165, 1.54) is 89.9 Å². The maximum absolute atomic E-state index is 13.3. The van der Waals surface area contributed by atoms with Crippen molar-refractivity contribution in [3.63, 3.8) is 0 Å². The van der Waals surface area contributed by atoms with E-state index in [2.05, 4.69) is 24.5 Å². The number of amides is 2. The summed E-state index contributed by atoms with van der Waals surface area (Å²) < 4.78 is 34.6. The predicted octanol–water partition coefficient (Wildman–Crippen LogP) is 1.61. The van der Waals surface area contributed by atoms with Crippen LogP contribution in [-0.2, 0) is 42.8 Å². The van der Waals surface area contributed by atoms with Gasteiger partial charge in [0.2, 0.25) is 11.8 Å². The molecule has 3 aliphatic heterocycles. The molecular weight excluding hydrogens is 1020 g/mol. The molecule has 0 radical (unpaired) electrons. The Balaban J connectivity index is 1.70. The molecule has 18 atom stereocenters. The summed E-state index contributed by atoms with van der Waals surface area (Å²) in [5.41, 5.74) is 0. The molecule has 14 N–H and O–H groups in total. The van der Waals surface area contributed by atoms with Crippen LogP contribution in [0.15, 0.2) is 12.2 Å². The van der Waals surface area contributed by atoms with Crippen LogP contribution in [-0.4, -0.2) is 215 Å². The summed E-state index contributed by atoms with van der Waals surface area (Å²) >= 11 is 0. The molecule has 3 rings (SSSR count). The molecule has 3 aliphatic rings. The molecule has 0 bridgehead atoms. The maximum Gasteiger partial charge on any atom is 0.364 e. The van der Waals surface area contributed by atoms with Crippen molar-refractivity contribution >= 4 is 17.8 Å². The second-order valence-corrected chi connectivity index (χ2v) is 21.5. The second-order valence-electron chi connectivity index (χ2n) is 21.5. The zero-order valence-corrected chi connectivity index (χ0v) is 46.5. The van der Waals surface area contributed by atoms with Crippen molar-refractivity contribution in [3.8, 4) is 0 Å². The third-order valence-corrected chi connectivity index (χ3v) is 15.0. The van der Waals surface area contributed by atoms with Crippen molar-refractivity contribution in [2.24, 2.45) is 0 Å². The second kappa shape index (κ2) is 38.3. The molecule has 456 valence electrons. The lowest BCUT2D eigenvalue weighted by Gasteiger charge is -2.50. The minimum Gasteiger partial charge on any atom is -0.477 e. The first-order chi connectivity index (χ1) is 37.4. The number of hydrogen-bond acceptors (Lipinski definition) is 20. The van der Waals surface area contributed by atoms with Crippen LogP contribution in [0.2, 0.25) is 0 Å². The topological polar surface area (TPSA) is 373 Å². The molecule has 1 unspecified atom stereocenters. The van der Waals surface area contributed by atoms with Crippen molar-refractivity contribution in [2.75, 3.05) is 26.4 Å². The predicted molar refractivity (Wildman–Crippen MR) is 283 cm³/mol. The SMILES string of the molecule is CCCCCCCCCCCCCC=C[C@@H](O)[C@H](CO[C@@H]1O[C@H](CO)[C@@H](O[C@@H]2O[C@H](CO)[C@H](O)[C@H](O[C@]3(C(=O)O)C[C@H](O)[C@@H](NC(C)=O)C([C@H](O)[C@H](O)CO)O3)[C@H]2O)[C@H](O)[C@H]1O)NC(=O)CCCCCCCCCCCCC. The van der Waals surface area contributed by atoms with E-state index >= 15 is 0 Å². The highest BCUT2D eigenvalue weighted by molar-refractivity contribution is 5.77. The van der Waals surface area contributed by atoms with Gasteiger partial charge >= 0.3 is 5.97 Å². The number of carboxylic acids is 1. The summed E-state index contributed by atoms with van der Waals surface area (Å²) in [6.45, 7) is 2.06. The molecule has 78 heavy (non-hydrogen) atoms. The normalized spacial score (nSPS) is 31.2. The molecule has 0 saturated carbocycles. The first-order valence-corrected chi connectivity index (χ1v) is 29.1. The highest BCUT2D eigenvalue weighted by Crippen LogP contribution is 2.38.